The first-order chi connectivity index (χ1) is 13.3. The van der Waals surface area contributed by atoms with Gasteiger partial charge in [0.05, 0.1) is 13.3 Å². The average Bonchev–Trinajstić information content (AvgIpc) is 3.26. The fourth-order valence-corrected chi connectivity index (χ4v) is 2.36. The molecular formula is C17H16F3N4O4+. The van der Waals surface area contributed by atoms with E-state index in [0.717, 1.165) is 17.0 Å². The lowest BCUT2D eigenvalue weighted by atomic mass is 10.3. The van der Waals surface area contributed by atoms with E-state index in [1.807, 2.05) is 0 Å². The van der Waals surface area contributed by atoms with Crippen molar-refractivity contribution in [3.63, 3.8) is 0 Å². The molecule has 0 saturated carbocycles. The number of nitrogens with one attached hydrogen (secondary N) is 2. The van der Waals surface area contributed by atoms with E-state index in [-0.39, 0.29) is 24.1 Å². The third-order valence-electron chi connectivity index (χ3n) is 3.49. The van der Waals surface area contributed by atoms with Crippen LogP contribution in [0.15, 0.2) is 51.5 Å². The Balaban J connectivity index is 1.49. The van der Waals surface area contributed by atoms with E-state index in [1.54, 1.807) is 19.2 Å². The number of alkyl halides is 3. The van der Waals surface area contributed by atoms with Gasteiger partial charge >= 0.3 is 6.36 Å². The molecule has 3 aromatic rings. The lowest BCUT2D eigenvalue weighted by Gasteiger charge is -2.12. The number of nitrogens with zero attached hydrogens (tertiary/aromatic N) is 2. The normalized spacial score (nSPS) is 12.6. The lowest BCUT2D eigenvalue weighted by Crippen LogP contribution is -3.08. The van der Waals surface area contributed by atoms with Gasteiger partial charge in [-0.1, -0.05) is 0 Å². The van der Waals surface area contributed by atoms with E-state index >= 15 is 0 Å². The number of furan rings is 1. The maximum absolute atomic E-state index is 12.1. The summed E-state index contributed by atoms with van der Waals surface area (Å²) in [7, 11) is 1.76. The number of hydrogen-bond donors (Lipinski definition) is 2. The molecule has 0 spiro atoms. The van der Waals surface area contributed by atoms with Crippen LogP contribution in [-0.4, -0.2) is 36.1 Å². The maximum Gasteiger partial charge on any atom is 0.573 e. The standard InChI is InChI=1S/C17H15F3N4O4/c1-24(10-15-22-23-16(27-15)13-3-2-8-26-13)9-14(25)21-11-4-6-12(7-5-11)28-17(18,19)20/h2-8H,9-10H2,1H3,(H,21,25)/p+1. The van der Waals surface area contributed by atoms with E-state index < -0.39 is 6.36 Å². The van der Waals surface area contributed by atoms with Gasteiger partial charge < -0.3 is 23.8 Å². The van der Waals surface area contributed by atoms with Gasteiger partial charge in [0.15, 0.2) is 18.8 Å². The third kappa shape index (κ3) is 5.58. The van der Waals surface area contributed by atoms with Crippen molar-refractivity contribution >= 4 is 11.6 Å². The highest BCUT2D eigenvalue weighted by molar-refractivity contribution is 5.91. The Morgan fingerprint density at radius 2 is 1.96 bits per heavy atom. The van der Waals surface area contributed by atoms with Crippen molar-refractivity contribution in [3.8, 4) is 17.4 Å². The molecule has 0 saturated heterocycles. The number of likely N-dealkylation sites (N-methyl/N-ethyl adjacent to an activating group) is 1. The summed E-state index contributed by atoms with van der Waals surface area (Å²) in [5.74, 6) is 0.348. The van der Waals surface area contributed by atoms with Crippen LogP contribution in [0, 0.1) is 0 Å². The Morgan fingerprint density at radius 3 is 2.61 bits per heavy atom. The first-order valence-electron chi connectivity index (χ1n) is 8.12. The quantitative estimate of drug-likeness (QED) is 0.632. The predicted octanol–water partition coefficient (Wildman–Crippen LogP) is 1.88. The molecule has 2 heterocycles. The molecule has 0 fully saturated rings. The summed E-state index contributed by atoms with van der Waals surface area (Å²) in [6, 6.07) is 8.27. The van der Waals surface area contributed by atoms with Gasteiger partial charge in [-0.25, -0.2) is 0 Å². The van der Waals surface area contributed by atoms with Crippen molar-refractivity contribution in [1.82, 2.24) is 10.2 Å². The van der Waals surface area contributed by atoms with Crippen LogP contribution in [0.25, 0.3) is 11.7 Å². The minimum Gasteiger partial charge on any atom is -0.459 e. The largest absolute Gasteiger partial charge is 0.573 e. The molecule has 0 radical (unpaired) electrons. The summed E-state index contributed by atoms with van der Waals surface area (Å²) in [6.45, 7) is 0.388. The average molecular weight is 397 g/mol. The fraction of sp³-hybridized carbons (Fsp3) is 0.235. The van der Waals surface area contributed by atoms with Gasteiger partial charge in [0.2, 0.25) is 0 Å². The summed E-state index contributed by atoms with van der Waals surface area (Å²) < 4.78 is 50.8. The summed E-state index contributed by atoms with van der Waals surface area (Å²) in [6.07, 6.45) is -3.27. The van der Waals surface area contributed by atoms with Crippen LogP contribution in [0.3, 0.4) is 0 Å². The zero-order valence-electron chi connectivity index (χ0n) is 14.6. The number of rotatable bonds is 7. The SMILES string of the molecule is C[NH+](CC(=O)Nc1ccc(OC(F)(F)F)cc1)Cc1nnc(-c2ccco2)o1. The minimum atomic E-state index is -4.76. The monoisotopic (exact) mass is 397 g/mol. The summed E-state index contributed by atoms with van der Waals surface area (Å²) in [5, 5.41) is 10.4. The Bertz CT molecular complexity index is 907. The van der Waals surface area contributed by atoms with Crippen LogP contribution in [0.1, 0.15) is 5.89 Å². The molecule has 1 atom stereocenters. The Kier molecular flexibility index (Phi) is 5.64. The first kappa shape index (κ1) is 19.4. The molecule has 2 N–H and O–H groups in total. The van der Waals surface area contributed by atoms with Gasteiger partial charge in [-0.05, 0) is 36.4 Å². The fourth-order valence-electron chi connectivity index (χ4n) is 2.36. The molecule has 148 valence electrons. The molecule has 8 nitrogen and oxygen atoms in total. The molecule has 2 aromatic heterocycles. The van der Waals surface area contributed by atoms with E-state index in [0.29, 0.717) is 23.9 Å². The molecular weight excluding hydrogens is 381 g/mol. The molecule has 1 unspecified atom stereocenters. The number of quaternary nitrogens is 1. The number of amides is 1. The van der Waals surface area contributed by atoms with Gasteiger partial charge in [0.25, 0.3) is 17.7 Å². The molecule has 0 aliphatic carbocycles. The van der Waals surface area contributed by atoms with E-state index in [1.165, 1.54) is 18.4 Å². The van der Waals surface area contributed by atoms with Crippen molar-refractivity contribution in [3.05, 3.63) is 48.6 Å². The number of carbonyl (C=O) groups is 1. The summed E-state index contributed by atoms with van der Waals surface area (Å²) >= 11 is 0. The Hall–Kier alpha value is -3.34. The van der Waals surface area contributed by atoms with Crippen LogP contribution in [-0.2, 0) is 11.3 Å². The lowest BCUT2D eigenvalue weighted by molar-refractivity contribution is -0.886. The second-order valence-electron chi connectivity index (χ2n) is 5.91. The van der Waals surface area contributed by atoms with Crippen molar-refractivity contribution in [2.75, 3.05) is 18.9 Å². The highest BCUT2D eigenvalue weighted by Gasteiger charge is 2.31. The highest BCUT2D eigenvalue weighted by atomic mass is 19.4. The molecule has 1 aromatic carbocycles. The van der Waals surface area contributed by atoms with Gasteiger partial charge in [0.1, 0.15) is 5.75 Å². The third-order valence-corrected chi connectivity index (χ3v) is 3.49. The van der Waals surface area contributed by atoms with Crippen molar-refractivity contribution in [2.45, 2.75) is 12.9 Å². The van der Waals surface area contributed by atoms with Gasteiger partial charge in [0, 0.05) is 5.69 Å². The predicted molar refractivity (Wildman–Crippen MR) is 89.2 cm³/mol. The number of carbonyl (C=O) groups excluding carboxylic acids is 1. The van der Waals surface area contributed by atoms with Crippen LogP contribution in [0.4, 0.5) is 18.9 Å². The molecule has 28 heavy (non-hydrogen) atoms. The van der Waals surface area contributed by atoms with E-state index in [4.69, 9.17) is 8.83 Å². The van der Waals surface area contributed by atoms with Gasteiger partial charge in [-0.3, -0.25) is 4.79 Å². The second kappa shape index (κ2) is 8.13. The van der Waals surface area contributed by atoms with Crippen molar-refractivity contribution in [1.29, 1.82) is 0 Å². The van der Waals surface area contributed by atoms with Gasteiger partial charge in [-0.15, -0.1) is 23.4 Å². The van der Waals surface area contributed by atoms with Crippen LogP contribution in [0.2, 0.25) is 0 Å². The minimum absolute atomic E-state index is 0.0826. The smallest absolute Gasteiger partial charge is 0.459 e. The molecule has 0 aliphatic rings. The molecule has 0 aliphatic heterocycles. The Labute approximate surface area is 156 Å². The summed E-state index contributed by atoms with van der Waals surface area (Å²) in [5.41, 5.74) is 0.352. The zero-order chi connectivity index (χ0) is 20.1. The zero-order valence-corrected chi connectivity index (χ0v) is 14.6. The van der Waals surface area contributed by atoms with Crippen molar-refractivity contribution in [2.24, 2.45) is 0 Å². The van der Waals surface area contributed by atoms with Crippen LogP contribution < -0.4 is 15.0 Å². The van der Waals surface area contributed by atoms with Gasteiger partial charge in [-0.2, -0.15) is 0 Å². The maximum atomic E-state index is 12.1. The molecule has 3 rings (SSSR count). The number of benzene rings is 1. The topological polar surface area (TPSA) is 94.8 Å². The molecule has 0 bridgehead atoms. The van der Waals surface area contributed by atoms with Crippen LogP contribution >= 0.6 is 0 Å². The summed E-state index contributed by atoms with van der Waals surface area (Å²) in [4.78, 5) is 12.9. The van der Waals surface area contributed by atoms with Crippen LogP contribution in [0.5, 0.6) is 5.75 Å². The molecule has 11 heteroatoms. The number of anilines is 1. The van der Waals surface area contributed by atoms with E-state index in [9.17, 15) is 18.0 Å². The number of aromatic nitrogens is 2. The number of ether oxygens (including phenoxy) is 1. The second-order valence-corrected chi connectivity index (χ2v) is 5.91. The highest BCUT2D eigenvalue weighted by Crippen LogP contribution is 2.23. The number of hydrogen-bond acceptors (Lipinski definition) is 6. The molecule has 1 amide bonds. The van der Waals surface area contributed by atoms with Crippen molar-refractivity contribution < 1.29 is 36.4 Å². The first-order valence-corrected chi connectivity index (χ1v) is 8.12. The Morgan fingerprint density at radius 1 is 1.21 bits per heavy atom. The van der Waals surface area contributed by atoms with E-state index in [2.05, 4.69) is 20.3 Å². The number of halogens is 3.